The zero-order valence-electron chi connectivity index (χ0n) is 9.43. The maximum absolute atomic E-state index is 13.0. The molecule has 1 aromatic carbocycles. The van der Waals surface area contributed by atoms with Gasteiger partial charge in [0.2, 0.25) is 0 Å². The first-order valence-corrected chi connectivity index (χ1v) is 5.94. The molecule has 0 aliphatic rings. The molecule has 2 nitrogen and oxygen atoms in total. The highest BCUT2D eigenvalue weighted by molar-refractivity contribution is 6.17. The van der Waals surface area contributed by atoms with Crippen LogP contribution in [0.3, 0.4) is 0 Å². The normalized spacial score (nSPS) is 12.4. The number of hydrogen-bond donors (Lipinski definition) is 1. The van der Waals surface area contributed by atoms with E-state index in [9.17, 15) is 18.0 Å². The third-order valence-electron chi connectivity index (χ3n) is 2.58. The van der Waals surface area contributed by atoms with E-state index < -0.39 is 29.3 Å². The lowest BCUT2D eigenvalue weighted by atomic mass is 9.93. The van der Waals surface area contributed by atoms with Crippen LogP contribution in [0.5, 0.6) is 0 Å². The summed E-state index contributed by atoms with van der Waals surface area (Å²) in [5.41, 5.74) is -0.0755. The first-order chi connectivity index (χ1) is 8.47. The third-order valence-corrected chi connectivity index (χ3v) is 2.85. The van der Waals surface area contributed by atoms with Crippen LogP contribution in [0.4, 0.5) is 13.2 Å². The van der Waals surface area contributed by atoms with Crippen molar-refractivity contribution in [1.82, 2.24) is 0 Å². The molecule has 0 aliphatic carbocycles. The number of rotatable bonds is 6. The maximum atomic E-state index is 13.0. The van der Waals surface area contributed by atoms with Crippen LogP contribution in [0.1, 0.15) is 30.7 Å². The van der Waals surface area contributed by atoms with Crippen LogP contribution in [0.25, 0.3) is 0 Å². The van der Waals surface area contributed by atoms with E-state index in [1.807, 2.05) is 0 Å². The number of benzene rings is 1. The Hall–Kier alpha value is -1.23. The highest BCUT2D eigenvalue weighted by Crippen LogP contribution is 2.25. The minimum Gasteiger partial charge on any atom is -0.481 e. The first-order valence-electron chi connectivity index (χ1n) is 5.40. The zero-order valence-corrected chi connectivity index (χ0v) is 10.2. The largest absolute Gasteiger partial charge is 0.481 e. The highest BCUT2D eigenvalue weighted by Gasteiger charge is 2.22. The Bertz CT molecular complexity index is 414. The van der Waals surface area contributed by atoms with Gasteiger partial charge in [0.15, 0.2) is 17.5 Å². The van der Waals surface area contributed by atoms with E-state index in [1.54, 1.807) is 0 Å². The molecule has 0 spiro atoms. The van der Waals surface area contributed by atoms with Crippen LogP contribution in [-0.4, -0.2) is 17.0 Å². The van der Waals surface area contributed by atoms with Gasteiger partial charge in [-0.25, -0.2) is 13.2 Å². The smallest absolute Gasteiger partial charge is 0.310 e. The Labute approximate surface area is 107 Å². The summed E-state index contributed by atoms with van der Waals surface area (Å²) in [5.74, 6) is -6.22. The van der Waals surface area contributed by atoms with E-state index >= 15 is 0 Å². The number of aliphatic carboxylic acids is 1. The Morgan fingerprint density at radius 1 is 1.22 bits per heavy atom. The molecule has 100 valence electrons. The van der Waals surface area contributed by atoms with Gasteiger partial charge in [-0.2, -0.15) is 0 Å². The molecular weight excluding hydrogens is 269 g/mol. The summed E-state index contributed by atoms with van der Waals surface area (Å²) in [5, 5.41) is 9.01. The number of halogens is 4. The molecule has 1 N–H and O–H groups in total. The summed E-state index contributed by atoms with van der Waals surface area (Å²) in [6.07, 6.45) is 1.32. The van der Waals surface area contributed by atoms with Crippen molar-refractivity contribution in [3.63, 3.8) is 0 Å². The molecule has 1 aromatic rings. The Kier molecular flexibility index (Phi) is 5.47. The second-order valence-electron chi connectivity index (χ2n) is 3.87. The van der Waals surface area contributed by atoms with Gasteiger partial charge < -0.3 is 5.11 Å². The van der Waals surface area contributed by atoms with E-state index in [4.69, 9.17) is 16.7 Å². The Morgan fingerprint density at radius 3 is 2.22 bits per heavy atom. The predicted octanol–water partition coefficient (Wildman–Crippen LogP) is 3.68. The molecule has 0 aliphatic heterocycles. The van der Waals surface area contributed by atoms with Gasteiger partial charge in [0.25, 0.3) is 0 Å². The van der Waals surface area contributed by atoms with Crippen molar-refractivity contribution >= 4 is 17.6 Å². The molecule has 0 bridgehead atoms. The van der Waals surface area contributed by atoms with Crippen LogP contribution in [0.15, 0.2) is 12.1 Å². The summed E-state index contributed by atoms with van der Waals surface area (Å²) in [6, 6.07) is 1.44. The third kappa shape index (κ3) is 3.63. The summed E-state index contributed by atoms with van der Waals surface area (Å²) >= 11 is 5.46. The molecule has 0 saturated heterocycles. The summed E-state index contributed by atoms with van der Waals surface area (Å²) in [7, 11) is 0. The van der Waals surface area contributed by atoms with Gasteiger partial charge >= 0.3 is 5.97 Å². The molecule has 0 heterocycles. The maximum Gasteiger partial charge on any atom is 0.310 e. The van der Waals surface area contributed by atoms with Gasteiger partial charge in [-0.1, -0.05) is 6.42 Å². The number of unbranched alkanes of at least 4 members (excludes halogenated alkanes) is 1. The first kappa shape index (κ1) is 14.8. The molecule has 0 fully saturated rings. The molecule has 0 aromatic heterocycles. The van der Waals surface area contributed by atoms with Gasteiger partial charge in [-0.3, -0.25) is 4.79 Å². The lowest BCUT2D eigenvalue weighted by Gasteiger charge is -2.13. The SMILES string of the molecule is O=C(O)C(CCCCCl)c1cc(F)c(F)c(F)c1. The van der Waals surface area contributed by atoms with Crippen molar-refractivity contribution in [1.29, 1.82) is 0 Å². The van der Waals surface area contributed by atoms with E-state index in [1.165, 1.54) is 0 Å². The number of carbonyl (C=O) groups is 1. The van der Waals surface area contributed by atoms with Crippen LogP contribution in [0.2, 0.25) is 0 Å². The second-order valence-corrected chi connectivity index (χ2v) is 4.25. The topological polar surface area (TPSA) is 37.3 Å². The average Bonchev–Trinajstić information content (AvgIpc) is 2.30. The van der Waals surface area contributed by atoms with Crippen molar-refractivity contribution in [2.45, 2.75) is 25.2 Å². The van der Waals surface area contributed by atoms with Crippen molar-refractivity contribution in [2.75, 3.05) is 5.88 Å². The monoisotopic (exact) mass is 280 g/mol. The lowest BCUT2D eigenvalue weighted by Crippen LogP contribution is -2.13. The molecule has 0 saturated carbocycles. The molecule has 1 unspecified atom stereocenters. The average molecular weight is 281 g/mol. The van der Waals surface area contributed by atoms with Gasteiger partial charge in [-0.15, -0.1) is 11.6 Å². The van der Waals surface area contributed by atoms with Crippen molar-refractivity contribution < 1.29 is 23.1 Å². The van der Waals surface area contributed by atoms with Crippen LogP contribution in [0, 0.1) is 17.5 Å². The fourth-order valence-corrected chi connectivity index (χ4v) is 1.84. The van der Waals surface area contributed by atoms with Crippen LogP contribution in [-0.2, 0) is 4.79 Å². The molecule has 1 rings (SSSR count). The molecule has 6 heteroatoms. The summed E-state index contributed by atoms with van der Waals surface area (Å²) in [6.45, 7) is 0. The summed E-state index contributed by atoms with van der Waals surface area (Å²) in [4.78, 5) is 11.0. The van der Waals surface area contributed by atoms with Crippen LogP contribution < -0.4 is 0 Å². The van der Waals surface area contributed by atoms with E-state index in [2.05, 4.69) is 0 Å². The zero-order chi connectivity index (χ0) is 13.7. The molecule has 18 heavy (non-hydrogen) atoms. The van der Waals surface area contributed by atoms with Crippen molar-refractivity contribution in [3.05, 3.63) is 35.1 Å². The van der Waals surface area contributed by atoms with Gasteiger partial charge in [0.1, 0.15) is 0 Å². The number of alkyl halides is 1. The fourth-order valence-electron chi connectivity index (χ4n) is 1.65. The van der Waals surface area contributed by atoms with Gasteiger partial charge in [0.05, 0.1) is 5.92 Å². The number of hydrogen-bond acceptors (Lipinski definition) is 1. The number of carboxylic acid groups (broad SMARTS) is 1. The van der Waals surface area contributed by atoms with E-state index in [0.29, 0.717) is 18.7 Å². The molecule has 0 radical (unpaired) electrons. The highest BCUT2D eigenvalue weighted by atomic mass is 35.5. The quantitative estimate of drug-likeness (QED) is 0.490. The van der Waals surface area contributed by atoms with Crippen molar-refractivity contribution in [2.24, 2.45) is 0 Å². The fraction of sp³-hybridized carbons (Fsp3) is 0.417. The summed E-state index contributed by atoms with van der Waals surface area (Å²) < 4.78 is 38.8. The molecular formula is C12H12ClF3O2. The van der Waals surface area contributed by atoms with E-state index in [-0.39, 0.29) is 12.0 Å². The standard InChI is InChI=1S/C12H12ClF3O2/c13-4-2-1-3-8(12(17)18)7-5-9(14)11(16)10(15)6-7/h5-6,8H,1-4H2,(H,17,18). The Morgan fingerprint density at radius 2 is 1.78 bits per heavy atom. The Balaban J connectivity index is 2.95. The minimum atomic E-state index is -1.59. The van der Waals surface area contributed by atoms with Gasteiger partial charge in [-0.05, 0) is 30.5 Å². The predicted molar refractivity (Wildman–Crippen MR) is 61.3 cm³/mol. The number of carboxylic acids is 1. The lowest BCUT2D eigenvalue weighted by molar-refractivity contribution is -0.139. The molecule has 0 amide bonds. The second kappa shape index (κ2) is 6.64. The van der Waals surface area contributed by atoms with Crippen molar-refractivity contribution in [3.8, 4) is 0 Å². The van der Waals surface area contributed by atoms with E-state index in [0.717, 1.165) is 12.1 Å². The van der Waals surface area contributed by atoms with Gasteiger partial charge in [0, 0.05) is 5.88 Å². The molecule has 1 atom stereocenters. The minimum absolute atomic E-state index is 0.0755. The van der Waals surface area contributed by atoms with Crippen LogP contribution >= 0.6 is 11.6 Å².